The van der Waals surface area contributed by atoms with E-state index in [1.165, 1.54) is 0 Å². The Kier molecular flexibility index (Phi) is 3.86. The van der Waals surface area contributed by atoms with Gasteiger partial charge in [-0.2, -0.15) is 0 Å². The van der Waals surface area contributed by atoms with Gasteiger partial charge in [0.2, 0.25) is 0 Å². The third kappa shape index (κ3) is 3.51. The molecule has 1 heterocycles. The van der Waals surface area contributed by atoms with E-state index in [9.17, 15) is 10.2 Å². The molecule has 84 valence electrons. The molecule has 5 nitrogen and oxygen atoms in total. The van der Waals surface area contributed by atoms with Crippen LogP contribution in [0.15, 0.2) is 0 Å². The summed E-state index contributed by atoms with van der Waals surface area (Å²) < 4.78 is 10.5. The number of aliphatic hydroxyl groups excluding tert-OH is 2. The highest BCUT2D eigenvalue weighted by molar-refractivity contribution is 4.80. The molecule has 0 spiro atoms. The highest BCUT2D eigenvalue weighted by Gasteiger charge is 2.33. The molecule has 1 rings (SSSR count). The van der Waals surface area contributed by atoms with Crippen molar-refractivity contribution in [3.05, 3.63) is 0 Å². The van der Waals surface area contributed by atoms with Crippen LogP contribution in [0.4, 0.5) is 0 Å². The van der Waals surface area contributed by atoms with Crippen LogP contribution in [0.3, 0.4) is 0 Å². The number of hydrogen-bond acceptors (Lipinski definition) is 5. The summed E-state index contributed by atoms with van der Waals surface area (Å²) in [7, 11) is 0. The Morgan fingerprint density at radius 3 is 2.71 bits per heavy atom. The predicted octanol–water partition coefficient (Wildman–Crippen LogP) is -0.758. The lowest BCUT2D eigenvalue weighted by atomic mass is 10.1. The van der Waals surface area contributed by atoms with E-state index in [2.05, 4.69) is 0 Å². The first-order valence-electron chi connectivity index (χ1n) is 4.73. The molecule has 0 unspecified atom stereocenters. The molecular weight excluding hydrogens is 188 g/mol. The van der Waals surface area contributed by atoms with Crippen LogP contribution in [-0.2, 0) is 9.47 Å². The molecule has 0 aromatic heterocycles. The third-order valence-corrected chi connectivity index (χ3v) is 2.06. The maximum Gasteiger partial charge on any atom is 0.160 e. The van der Waals surface area contributed by atoms with Gasteiger partial charge in [0, 0.05) is 6.42 Å². The molecule has 5 heteroatoms. The summed E-state index contributed by atoms with van der Waals surface area (Å²) in [6.45, 7) is 3.11. The summed E-state index contributed by atoms with van der Waals surface area (Å²) in [5, 5.41) is 27.3. The summed E-state index contributed by atoms with van der Waals surface area (Å²) in [4.78, 5) is 0. The second kappa shape index (κ2) is 4.55. The van der Waals surface area contributed by atoms with Gasteiger partial charge in [0.1, 0.15) is 6.10 Å². The van der Waals surface area contributed by atoms with Gasteiger partial charge in [-0.25, -0.2) is 0 Å². The van der Waals surface area contributed by atoms with E-state index in [4.69, 9.17) is 14.6 Å². The van der Waals surface area contributed by atoms with E-state index in [0.29, 0.717) is 13.0 Å². The van der Waals surface area contributed by atoms with E-state index in [-0.39, 0.29) is 12.7 Å². The molecule has 0 amide bonds. The average molecular weight is 206 g/mol. The molecule has 1 aliphatic rings. The fraction of sp³-hybridized carbons (Fsp3) is 1.00. The van der Waals surface area contributed by atoms with Crippen molar-refractivity contribution in [3.63, 3.8) is 0 Å². The quantitative estimate of drug-likeness (QED) is 0.527. The van der Waals surface area contributed by atoms with Gasteiger partial charge in [-0.15, -0.1) is 0 Å². The largest absolute Gasteiger partial charge is 0.394 e. The molecule has 0 bridgehead atoms. The molecule has 3 atom stereocenters. The summed E-state index contributed by atoms with van der Waals surface area (Å²) >= 11 is 0. The molecule has 1 saturated heterocycles. The molecule has 0 aromatic rings. The van der Waals surface area contributed by atoms with Crippen LogP contribution in [0.25, 0.3) is 0 Å². The Morgan fingerprint density at radius 1 is 1.57 bits per heavy atom. The lowest BCUT2D eigenvalue weighted by molar-refractivity contribution is -0.204. The Morgan fingerprint density at radius 2 is 2.21 bits per heavy atom. The highest BCUT2D eigenvalue weighted by Crippen LogP contribution is 2.22. The van der Waals surface area contributed by atoms with Gasteiger partial charge < -0.3 is 24.8 Å². The Hall–Kier alpha value is -0.200. The average Bonchev–Trinajstić information content (AvgIpc) is 2.48. The first-order valence-corrected chi connectivity index (χ1v) is 4.73. The number of aliphatic hydroxyl groups is 3. The van der Waals surface area contributed by atoms with Crippen LogP contribution in [-0.4, -0.2) is 52.6 Å². The van der Waals surface area contributed by atoms with Crippen LogP contribution in [0, 0.1) is 0 Å². The molecule has 14 heavy (non-hydrogen) atoms. The SMILES string of the molecule is CC(C)(O)O[C@H]1CO[C@H]([C@H](O)CO)C1. The standard InChI is InChI=1S/C9H18O5/c1-9(2,12)14-6-3-8(13-5-6)7(11)4-10/h6-8,10-12H,3-5H2,1-2H3/t6-,7-,8+/m1/s1. The normalized spacial score (nSPS) is 30.6. The van der Waals surface area contributed by atoms with E-state index in [1.54, 1.807) is 13.8 Å². The summed E-state index contributed by atoms with van der Waals surface area (Å²) in [6, 6.07) is 0. The van der Waals surface area contributed by atoms with Gasteiger partial charge in [0.15, 0.2) is 5.79 Å². The Bertz CT molecular complexity index is 177. The van der Waals surface area contributed by atoms with Crippen molar-refractivity contribution in [1.82, 2.24) is 0 Å². The van der Waals surface area contributed by atoms with Crippen molar-refractivity contribution in [2.24, 2.45) is 0 Å². The molecule has 0 saturated carbocycles. The fourth-order valence-corrected chi connectivity index (χ4v) is 1.50. The van der Waals surface area contributed by atoms with Crippen molar-refractivity contribution in [3.8, 4) is 0 Å². The van der Waals surface area contributed by atoms with Crippen molar-refractivity contribution in [1.29, 1.82) is 0 Å². The predicted molar refractivity (Wildman–Crippen MR) is 48.6 cm³/mol. The molecule has 0 aliphatic carbocycles. The van der Waals surface area contributed by atoms with Crippen molar-refractivity contribution in [2.75, 3.05) is 13.2 Å². The Labute approximate surface area is 83.3 Å². The fourth-order valence-electron chi connectivity index (χ4n) is 1.50. The van der Waals surface area contributed by atoms with Gasteiger partial charge in [0.05, 0.1) is 25.4 Å². The van der Waals surface area contributed by atoms with E-state index < -0.39 is 18.0 Å². The Balaban J connectivity index is 2.34. The van der Waals surface area contributed by atoms with Crippen LogP contribution >= 0.6 is 0 Å². The zero-order valence-electron chi connectivity index (χ0n) is 8.51. The molecule has 0 aromatic carbocycles. The maximum atomic E-state index is 9.37. The number of hydrogen-bond donors (Lipinski definition) is 3. The molecule has 0 radical (unpaired) electrons. The summed E-state index contributed by atoms with van der Waals surface area (Å²) in [5.74, 6) is -1.19. The lowest BCUT2D eigenvalue weighted by Crippen LogP contribution is -2.32. The van der Waals surface area contributed by atoms with Crippen molar-refractivity contribution >= 4 is 0 Å². The minimum absolute atomic E-state index is 0.221. The van der Waals surface area contributed by atoms with Crippen molar-refractivity contribution in [2.45, 2.75) is 44.4 Å². The minimum Gasteiger partial charge on any atom is -0.394 e. The summed E-state index contributed by atoms with van der Waals surface area (Å²) in [5.41, 5.74) is 0. The van der Waals surface area contributed by atoms with Crippen LogP contribution in [0.2, 0.25) is 0 Å². The van der Waals surface area contributed by atoms with Crippen LogP contribution < -0.4 is 0 Å². The van der Waals surface area contributed by atoms with E-state index in [1.807, 2.05) is 0 Å². The zero-order valence-corrected chi connectivity index (χ0v) is 8.51. The number of ether oxygens (including phenoxy) is 2. The zero-order chi connectivity index (χ0) is 10.8. The van der Waals surface area contributed by atoms with Crippen molar-refractivity contribution < 1.29 is 24.8 Å². The summed E-state index contributed by atoms with van der Waals surface area (Å²) in [6.07, 6.45) is -0.995. The third-order valence-electron chi connectivity index (χ3n) is 2.06. The second-order valence-electron chi connectivity index (χ2n) is 4.04. The monoisotopic (exact) mass is 206 g/mol. The topological polar surface area (TPSA) is 79.2 Å². The molecular formula is C9H18O5. The van der Waals surface area contributed by atoms with Crippen LogP contribution in [0.1, 0.15) is 20.3 Å². The second-order valence-corrected chi connectivity index (χ2v) is 4.04. The van der Waals surface area contributed by atoms with E-state index >= 15 is 0 Å². The minimum atomic E-state index is -1.19. The first kappa shape index (κ1) is 11.9. The van der Waals surface area contributed by atoms with Gasteiger partial charge in [-0.1, -0.05) is 0 Å². The highest BCUT2D eigenvalue weighted by atomic mass is 16.6. The first-order chi connectivity index (χ1) is 6.42. The van der Waals surface area contributed by atoms with E-state index in [0.717, 1.165) is 0 Å². The molecule has 1 aliphatic heterocycles. The molecule has 3 N–H and O–H groups in total. The lowest BCUT2D eigenvalue weighted by Gasteiger charge is -2.22. The smallest absolute Gasteiger partial charge is 0.160 e. The molecule has 1 fully saturated rings. The van der Waals surface area contributed by atoms with Gasteiger partial charge in [-0.3, -0.25) is 0 Å². The van der Waals surface area contributed by atoms with Gasteiger partial charge >= 0.3 is 0 Å². The number of rotatable bonds is 4. The van der Waals surface area contributed by atoms with Gasteiger partial charge in [0.25, 0.3) is 0 Å². The van der Waals surface area contributed by atoms with Crippen LogP contribution in [0.5, 0.6) is 0 Å². The maximum absolute atomic E-state index is 9.37. The van der Waals surface area contributed by atoms with Gasteiger partial charge in [-0.05, 0) is 13.8 Å².